The molecule has 0 aliphatic carbocycles. The molecule has 1 saturated heterocycles. The van der Waals surface area contributed by atoms with Crippen molar-refractivity contribution in [3.8, 4) is 0 Å². The van der Waals surface area contributed by atoms with Crippen LogP contribution in [0.5, 0.6) is 0 Å². The summed E-state index contributed by atoms with van der Waals surface area (Å²) in [5.74, 6) is 0.450. The third-order valence-corrected chi connectivity index (χ3v) is 5.95. The molecule has 1 aromatic carbocycles. The van der Waals surface area contributed by atoms with Gasteiger partial charge in [0.05, 0.1) is 4.90 Å². The van der Waals surface area contributed by atoms with E-state index in [1.54, 1.807) is 12.1 Å². The summed E-state index contributed by atoms with van der Waals surface area (Å²) in [5, 5.41) is 3.63. The Hall–Kier alpha value is -1.60. The first-order valence-electron chi connectivity index (χ1n) is 8.37. The summed E-state index contributed by atoms with van der Waals surface area (Å²) >= 11 is 0. The predicted octanol–water partition coefficient (Wildman–Crippen LogP) is 2.55. The fraction of sp³-hybridized carbons (Fsp3) is 0.625. The summed E-state index contributed by atoms with van der Waals surface area (Å²) in [6.45, 7) is 5.53. The molecule has 7 nitrogen and oxygen atoms in total. The van der Waals surface area contributed by atoms with E-state index in [0.717, 1.165) is 37.9 Å². The van der Waals surface area contributed by atoms with E-state index in [9.17, 15) is 8.42 Å². The Morgan fingerprint density at radius 3 is 2.54 bits per heavy atom. The van der Waals surface area contributed by atoms with Gasteiger partial charge in [0.25, 0.3) is 0 Å². The fourth-order valence-corrected chi connectivity index (χ4v) is 3.89. The maximum Gasteiger partial charge on any atom is 0.240 e. The number of piperidine rings is 1. The minimum Gasteiger partial charge on any atom is -0.302 e. The number of likely N-dealkylation sites (tertiary alicyclic amines) is 1. The molecule has 8 heteroatoms. The number of hydrogen-bond acceptors (Lipinski definition) is 4. The summed E-state index contributed by atoms with van der Waals surface area (Å²) in [6, 6.07) is 7.01. The van der Waals surface area contributed by atoms with Gasteiger partial charge in [-0.1, -0.05) is 24.2 Å². The van der Waals surface area contributed by atoms with Crippen molar-refractivity contribution < 1.29 is 8.42 Å². The van der Waals surface area contributed by atoms with Crippen molar-refractivity contribution in [1.82, 2.24) is 9.62 Å². The normalized spacial score (nSPS) is 16.7. The first kappa shape index (κ1) is 18.7. The summed E-state index contributed by atoms with van der Waals surface area (Å²) < 4.78 is 27.2. The molecular formula is C16H25N5O2S. The zero-order chi connectivity index (χ0) is 17.4. The third kappa shape index (κ3) is 5.49. The highest BCUT2D eigenvalue weighted by molar-refractivity contribution is 7.89. The highest BCUT2D eigenvalue weighted by Gasteiger charge is 2.19. The molecule has 24 heavy (non-hydrogen) atoms. The standard InChI is InChI=1S/C16H25N5O2S/c1-2-14-3-5-16(6-4-14)24(22,23)19-9-12-21-10-7-15(8-11-21)13-18-20-17/h3-6,15,19H,2,7-13H2,1H3. The second-order valence-electron chi connectivity index (χ2n) is 6.09. The Kier molecular flexibility index (Phi) is 7.05. The molecule has 1 aromatic rings. The number of rotatable bonds is 8. The van der Waals surface area contributed by atoms with Gasteiger partial charge in [-0.05, 0) is 61.5 Å². The van der Waals surface area contributed by atoms with Gasteiger partial charge in [0, 0.05) is 24.5 Å². The molecule has 1 fully saturated rings. The Bertz CT molecular complexity index is 660. The van der Waals surface area contributed by atoms with E-state index in [1.807, 2.05) is 19.1 Å². The number of aryl methyl sites for hydroxylation is 1. The SMILES string of the molecule is CCc1ccc(S(=O)(=O)NCCN2CCC(CN=[N+]=[N-])CC2)cc1. The van der Waals surface area contributed by atoms with E-state index in [-0.39, 0.29) is 0 Å². The number of sulfonamides is 1. The van der Waals surface area contributed by atoms with Gasteiger partial charge in [0.1, 0.15) is 0 Å². The van der Waals surface area contributed by atoms with Crippen LogP contribution in [-0.2, 0) is 16.4 Å². The molecule has 0 unspecified atom stereocenters. The molecule has 1 heterocycles. The van der Waals surface area contributed by atoms with Crippen LogP contribution in [0.2, 0.25) is 0 Å². The molecule has 0 radical (unpaired) electrons. The lowest BCUT2D eigenvalue weighted by molar-refractivity contribution is 0.190. The van der Waals surface area contributed by atoms with Crippen LogP contribution in [0.25, 0.3) is 10.4 Å². The van der Waals surface area contributed by atoms with Crippen LogP contribution in [0.15, 0.2) is 34.3 Å². The van der Waals surface area contributed by atoms with Gasteiger partial charge in [0.2, 0.25) is 10.0 Å². The average molecular weight is 351 g/mol. The fourth-order valence-electron chi connectivity index (χ4n) is 2.87. The second kappa shape index (κ2) is 9.03. The van der Waals surface area contributed by atoms with Crippen LogP contribution < -0.4 is 4.72 Å². The molecular weight excluding hydrogens is 326 g/mol. The van der Waals surface area contributed by atoms with Crippen molar-refractivity contribution >= 4 is 10.0 Å². The number of hydrogen-bond donors (Lipinski definition) is 1. The lowest BCUT2D eigenvalue weighted by atomic mass is 9.97. The van der Waals surface area contributed by atoms with E-state index < -0.39 is 10.0 Å². The van der Waals surface area contributed by atoms with E-state index >= 15 is 0 Å². The predicted molar refractivity (Wildman–Crippen MR) is 94.2 cm³/mol. The molecule has 0 aromatic heterocycles. The lowest BCUT2D eigenvalue weighted by Gasteiger charge is -2.31. The summed E-state index contributed by atoms with van der Waals surface area (Å²) in [7, 11) is -3.44. The molecule has 0 atom stereocenters. The van der Waals surface area contributed by atoms with Crippen LogP contribution in [0, 0.1) is 5.92 Å². The molecule has 1 aliphatic heterocycles. The summed E-state index contributed by atoms with van der Waals surface area (Å²) in [5.41, 5.74) is 9.47. The van der Waals surface area contributed by atoms with Crippen LogP contribution in [0.3, 0.4) is 0 Å². The highest BCUT2D eigenvalue weighted by Crippen LogP contribution is 2.17. The van der Waals surface area contributed by atoms with Gasteiger partial charge in [-0.3, -0.25) is 0 Å². The highest BCUT2D eigenvalue weighted by atomic mass is 32.2. The Balaban J connectivity index is 1.76. The quantitative estimate of drug-likeness (QED) is 0.442. The van der Waals surface area contributed by atoms with Gasteiger partial charge in [-0.15, -0.1) is 0 Å². The first-order valence-corrected chi connectivity index (χ1v) is 9.85. The van der Waals surface area contributed by atoms with Gasteiger partial charge in [0.15, 0.2) is 0 Å². The molecule has 0 amide bonds. The van der Waals surface area contributed by atoms with Gasteiger partial charge in [-0.2, -0.15) is 0 Å². The molecule has 0 spiro atoms. The zero-order valence-corrected chi connectivity index (χ0v) is 14.9. The maximum absolute atomic E-state index is 12.3. The number of azide groups is 1. The van der Waals surface area contributed by atoms with E-state index in [2.05, 4.69) is 19.6 Å². The van der Waals surface area contributed by atoms with Gasteiger partial charge in [-0.25, -0.2) is 13.1 Å². The summed E-state index contributed by atoms with van der Waals surface area (Å²) in [4.78, 5) is 5.36. The van der Waals surface area contributed by atoms with Crippen LogP contribution in [0.4, 0.5) is 0 Å². The van der Waals surface area contributed by atoms with Gasteiger partial charge < -0.3 is 4.90 Å². The van der Waals surface area contributed by atoms with E-state index in [1.165, 1.54) is 0 Å². The molecule has 132 valence electrons. The molecule has 0 saturated carbocycles. The van der Waals surface area contributed by atoms with Crippen molar-refractivity contribution in [3.05, 3.63) is 40.3 Å². The Labute approximate surface area is 143 Å². The van der Waals surface area contributed by atoms with Crippen LogP contribution >= 0.6 is 0 Å². The molecule has 1 aliphatic rings. The number of nitrogens with zero attached hydrogens (tertiary/aromatic N) is 4. The smallest absolute Gasteiger partial charge is 0.240 e. The van der Waals surface area contributed by atoms with Crippen molar-refractivity contribution in [2.24, 2.45) is 11.0 Å². The first-order chi connectivity index (χ1) is 11.5. The topological polar surface area (TPSA) is 98.2 Å². The third-order valence-electron chi connectivity index (χ3n) is 4.47. The van der Waals surface area contributed by atoms with Crippen molar-refractivity contribution in [2.75, 3.05) is 32.7 Å². The van der Waals surface area contributed by atoms with Crippen LogP contribution in [0.1, 0.15) is 25.3 Å². The lowest BCUT2D eigenvalue weighted by Crippen LogP contribution is -2.40. The largest absolute Gasteiger partial charge is 0.302 e. The van der Waals surface area contributed by atoms with Crippen molar-refractivity contribution in [2.45, 2.75) is 31.1 Å². The molecule has 1 N–H and O–H groups in total. The minimum atomic E-state index is -3.44. The van der Waals surface area contributed by atoms with Crippen LogP contribution in [-0.4, -0.2) is 46.0 Å². The Morgan fingerprint density at radius 2 is 1.96 bits per heavy atom. The van der Waals surface area contributed by atoms with Gasteiger partial charge >= 0.3 is 0 Å². The second-order valence-corrected chi connectivity index (χ2v) is 7.86. The minimum absolute atomic E-state index is 0.313. The van der Waals surface area contributed by atoms with Crippen molar-refractivity contribution in [3.63, 3.8) is 0 Å². The monoisotopic (exact) mass is 351 g/mol. The number of nitrogens with one attached hydrogen (secondary N) is 1. The zero-order valence-electron chi connectivity index (χ0n) is 14.1. The molecule has 2 rings (SSSR count). The average Bonchev–Trinajstić information content (AvgIpc) is 2.61. The molecule has 0 bridgehead atoms. The maximum atomic E-state index is 12.3. The van der Waals surface area contributed by atoms with Crippen molar-refractivity contribution in [1.29, 1.82) is 0 Å². The van der Waals surface area contributed by atoms with E-state index in [0.29, 0.717) is 30.4 Å². The summed E-state index contributed by atoms with van der Waals surface area (Å²) in [6.07, 6.45) is 2.87. The Morgan fingerprint density at radius 1 is 1.29 bits per heavy atom. The number of benzene rings is 1. The van der Waals surface area contributed by atoms with E-state index in [4.69, 9.17) is 5.53 Å².